The molecule has 3 aliphatic heterocycles. The van der Waals surface area contributed by atoms with Gasteiger partial charge >= 0.3 is 0 Å². The van der Waals surface area contributed by atoms with Gasteiger partial charge in [0.1, 0.15) is 67.1 Å². The van der Waals surface area contributed by atoms with Crippen molar-refractivity contribution in [1.82, 2.24) is 0 Å². The molecule has 19 nitrogen and oxygen atoms in total. The van der Waals surface area contributed by atoms with Crippen molar-refractivity contribution in [2.75, 3.05) is 13.2 Å². The molecule has 0 spiro atoms. The fraction of sp³-hybridized carbons (Fsp3) is 0.958. The first-order chi connectivity index (χ1) is 31.0. The van der Waals surface area contributed by atoms with Gasteiger partial charge in [-0.1, -0.05) is 46.8 Å². The minimum Gasteiger partial charge on any atom is -0.394 e. The predicted octanol–water partition coefficient (Wildman–Crippen LogP) is -1.06. The van der Waals surface area contributed by atoms with Crippen molar-refractivity contribution >= 4 is 0 Å². The summed E-state index contributed by atoms with van der Waals surface area (Å²) in [5.74, 6) is -1.39. The summed E-state index contributed by atoms with van der Waals surface area (Å²) in [6.45, 7) is 15.8. The maximum Gasteiger partial charge on any atom is 0.187 e. The third kappa shape index (κ3) is 9.13. The summed E-state index contributed by atoms with van der Waals surface area (Å²) in [6.07, 6.45) is -18.8. The summed E-state index contributed by atoms with van der Waals surface area (Å²) >= 11 is 0. The molecule has 388 valence electrons. The smallest absolute Gasteiger partial charge is 0.187 e. The van der Waals surface area contributed by atoms with Crippen LogP contribution in [0.2, 0.25) is 0 Å². The summed E-state index contributed by atoms with van der Waals surface area (Å²) < 4.78 is 37.9. The van der Waals surface area contributed by atoms with Crippen LogP contribution < -0.4 is 0 Å². The Morgan fingerprint density at radius 1 is 0.657 bits per heavy atom. The van der Waals surface area contributed by atoms with Gasteiger partial charge in [-0.15, -0.1) is 0 Å². The second-order valence-corrected chi connectivity index (χ2v) is 23.5. The molecule has 13 N–H and O–H groups in total. The van der Waals surface area contributed by atoms with E-state index < -0.39 is 174 Å². The van der Waals surface area contributed by atoms with Gasteiger partial charge in [0, 0.05) is 0 Å². The average Bonchev–Trinajstić information content (AvgIpc) is 3.64. The van der Waals surface area contributed by atoms with Crippen LogP contribution in [0.5, 0.6) is 0 Å². The van der Waals surface area contributed by atoms with E-state index in [2.05, 4.69) is 20.8 Å². The number of ether oxygens (including phenoxy) is 6. The molecule has 19 heteroatoms. The molecule has 7 rings (SSSR count). The van der Waals surface area contributed by atoms with Crippen molar-refractivity contribution in [2.45, 2.75) is 229 Å². The molecular formula is C48H82O19. The minimum absolute atomic E-state index is 0.128. The number of aliphatic hydroxyl groups excluding tert-OH is 12. The summed E-state index contributed by atoms with van der Waals surface area (Å²) in [5, 5.41) is 143. The first-order valence-corrected chi connectivity index (χ1v) is 24.4. The fourth-order valence-corrected chi connectivity index (χ4v) is 14.8. The number of rotatable bonds is 12. The molecule has 0 aromatic heterocycles. The molecular weight excluding hydrogens is 881 g/mol. The van der Waals surface area contributed by atoms with Gasteiger partial charge in [0.05, 0.1) is 48.8 Å². The Hall–Kier alpha value is -1.02. The van der Waals surface area contributed by atoms with Crippen LogP contribution in [0.4, 0.5) is 0 Å². The molecule has 26 atom stereocenters. The second kappa shape index (κ2) is 19.1. The first kappa shape index (κ1) is 53.8. The zero-order valence-electron chi connectivity index (χ0n) is 40.5. The molecule has 0 amide bonds. The van der Waals surface area contributed by atoms with E-state index in [0.29, 0.717) is 38.5 Å². The van der Waals surface area contributed by atoms with E-state index >= 15 is 0 Å². The van der Waals surface area contributed by atoms with Gasteiger partial charge in [-0.05, 0) is 118 Å². The molecule has 0 aromatic rings. The molecule has 4 saturated carbocycles. The Balaban J connectivity index is 1.28. The molecule has 0 radical (unpaired) electrons. The molecule has 3 heterocycles. The van der Waals surface area contributed by atoms with E-state index in [1.165, 1.54) is 6.92 Å². The SMILES string of the molecule is CC1OC(OC2C(OC3CC4(C)C(CC(O)C5C(C(C)(CC=CC(C)(C)O)OC6OC(CO)C(O)C(O)C6O)CCC54C)C4(C)CCC(O)C(C)(C)C34)OC(CO)C(O)C2O)C(O)C(O)C1O. The minimum atomic E-state index is -1.77. The van der Waals surface area contributed by atoms with Gasteiger partial charge in [0.15, 0.2) is 18.9 Å². The van der Waals surface area contributed by atoms with Crippen molar-refractivity contribution < 1.29 is 94.8 Å². The third-order valence-corrected chi connectivity index (χ3v) is 18.5. The first-order valence-electron chi connectivity index (χ1n) is 24.4. The molecule has 7 aliphatic rings. The van der Waals surface area contributed by atoms with E-state index in [1.807, 2.05) is 20.8 Å². The number of hydrogen-bond acceptors (Lipinski definition) is 19. The normalized spacial score (nSPS) is 53.4. The fourth-order valence-electron chi connectivity index (χ4n) is 14.8. The molecule has 3 saturated heterocycles. The highest BCUT2D eigenvalue weighted by molar-refractivity contribution is 5.22. The molecule has 0 aromatic carbocycles. The molecule has 26 unspecified atom stereocenters. The summed E-state index contributed by atoms with van der Waals surface area (Å²) in [5.41, 5.74) is -5.06. The van der Waals surface area contributed by atoms with Crippen LogP contribution >= 0.6 is 0 Å². The Bertz CT molecular complexity index is 1730. The Labute approximate surface area is 393 Å². The number of hydrogen-bond donors (Lipinski definition) is 13. The van der Waals surface area contributed by atoms with Gasteiger partial charge in [-0.2, -0.15) is 0 Å². The van der Waals surface area contributed by atoms with Crippen LogP contribution in [-0.2, 0) is 28.4 Å². The quantitative estimate of drug-likeness (QED) is 0.0819. The van der Waals surface area contributed by atoms with E-state index in [0.717, 1.165) is 0 Å². The van der Waals surface area contributed by atoms with Crippen LogP contribution in [0, 0.1) is 45.3 Å². The maximum atomic E-state index is 12.7. The highest BCUT2D eigenvalue weighted by Gasteiger charge is 2.74. The number of fused-ring (bicyclic) bond motifs is 5. The lowest BCUT2D eigenvalue weighted by Crippen LogP contribution is -2.71. The van der Waals surface area contributed by atoms with Gasteiger partial charge < -0.3 is 94.8 Å². The van der Waals surface area contributed by atoms with E-state index in [4.69, 9.17) is 28.4 Å². The van der Waals surface area contributed by atoms with Crippen LogP contribution in [0.3, 0.4) is 0 Å². The zero-order chi connectivity index (χ0) is 49.7. The Morgan fingerprint density at radius 3 is 1.85 bits per heavy atom. The molecule has 67 heavy (non-hydrogen) atoms. The van der Waals surface area contributed by atoms with Crippen molar-refractivity contribution in [1.29, 1.82) is 0 Å². The Kier molecular flexibility index (Phi) is 15.3. The summed E-state index contributed by atoms with van der Waals surface area (Å²) in [6, 6.07) is 0. The standard InChI is InChI=1S/C48H82O19/c1-21-30(53)33(56)36(59)40(62-21)66-38-35(58)32(55)26(20-50)65-42(38)63-24-18-47(8)27(45(6)15-12-28(52)44(4,5)39(24)45)17-23(51)29-22(11-16-46(29,47)7)48(9,14-10-13-43(2,3)61)67-41-37(60)34(57)31(54)25(19-49)64-41/h10,13,21-42,49-61H,11-12,14-20H2,1-9H3. The topological polar surface area (TPSA) is 318 Å². The van der Waals surface area contributed by atoms with Crippen molar-refractivity contribution in [3.8, 4) is 0 Å². The highest BCUT2D eigenvalue weighted by atomic mass is 16.8. The van der Waals surface area contributed by atoms with Crippen molar-refractivity contribution in [2.24, 2.45) is 45.3 Å². The average molecular weight is 963 g/mol. The molecule has 0 bridgehead atoms. The van der Waals surface area contributed by atoms with Gasteiger partial charge in [-0.25, -0.2) is 0 Å². The Morgan fingerprint density at radius 2 is 1.24 bits per heavy atom. The van der Waals surface area contributed by atoms with Crippen molar-refractivity contribution in [3.05, 3.63) is 12.2 Å². The van der Waals surface area contributed by atoms with Gasteiger partial charge in [-0.3, -0.25) is 0 Å². The van der Waals surface area contributed by atoms with E-state index in [1.54, 1.807) is 26.0 Å². The summed E-state index contributed by atoms with van der Waals surface area (Å²) in [4.78, 5) is 0. The van der Waals surface area contributed by atoms with Crippen LogP contribution in [0.15, 0.2) is 12.2 Å². The maximum absolute atomic E-state index is 12.7. The largest absolute Gasteiger partial charge is 0.394 e. The number of aliphatic hydroxyl groups is 13. The molecule has 7 fully saturated rings. The van der Waals surface area contributed by atoms with Crippen LogP contribution in [0.25, 0.3) is 0 Å². The monoisotopic (exact) mass is 963 g/mol. The summed E-state index contributed by atoms with van der Waals surface area (Å²) in [7, 11) is 0. The zero-order valence-corrected chi connectivity index (χ0v) is 40.5. The second-order valence-electron chi connectivity index (χ2n) is 23.5. The van der Waals surface area contributed by atoms with E-state index in [-0.39, 0.29) is 12.3 Å². The lowest BCUT2D eigenvalue weighted by molar-refractivity contribution is -0.382. The van der Waals surface area contributed by atoms with Crippen LogP contribution in [-0.4, -0.2) is 201 Å². The third-order valence-electron chi connectivity index (χ3n) is 18.5. The highest BCUT2D eigenvalue weighted by Crippen LogP contribution is 2.76. The predicted molar refractivity (Wildman–Crippen MR) is 235 cm³/mol. The van der Waals surface area contributed by atoms with Crippen molar-refractivity contribution in [3.63, 3.8) is 0 Å². The van der Waals surface area contributed by atoms with E-state index in [9.17, 15) is 66.4 Å². The van der Waals surface area contributed by atoms with Gasteiger partial charge in [0.25, 0.3) is 0 Å². The van der Waals surface area contributed by atoms with Crippen LogP contribution in [0.1, 0.15) is 107 Å². The lowest BCUT2D eigenvalue weighted by atomic mass is 9.34. The molecule has 4 aliphatic carbocycles. The van der Waals surface area contributed by atoms with Gasteiger partial charge in [0.2, 0.25) is 0 Å². The lowest BCUT2D eigenvalue weighted by Gasteiger charge is -2.72.